The number of methoxy groups -OCH3 is 1. The zero-order valence-corrected chi connectivity index (χ0v) is 12.7. The molecule has 0 bridgehead atoms. The van der Waals surface area contributed by atoms with Gasteiger partial charge in [0.15, 0.2) is 0 Å². The zero-order chi connectivity index (χ0) is 14.3. The Morgan fingerprint density at radius 1 is 1.26 bits per heavy atom. The first kappa shape index (κ1) is 16.4. The van der Waals surface area contributed by atoms with Crippen LogP contribution in [0.3, 0.4) is 0 Å². The van der Waals surface area contributed by atoms with Gasteiger partial charge in [-0.05, 0) is 25.2 Å². The highest BCUT2D eigenvalue weighted by Crippen LogP contribution is 2.25. The summed E-state index contributed by atoms with van der Waals surface area (Å²) in [5.41, 5.74) is 0. The van der Waals surface area contributed by atoms with Gasteiger partial charge in [-0.15, -0.1) is 0 Å². The Labute approximate surface area is 116 Å². The largest absolute Gasteiger partial charge is 0.469 e. The summed E-state index contributed by atoms with van der Waals surface area (Å²) in [4.78, 5) is 11.0. The number of hydrogen-bond acceptors (Lipinski definition) is 4. The van der Waals surface area contributed by atoms with Gasteiger partial charge < -0.3 is 4.74 Å². The van der Waals surface area contributed by atoms with Gasteiger partial charge in [-0.2, -0.15) is 0 Å². The van der Waals surface area contributed by atoms with Crippen molar-refractivity contribution in [3.05, 3.63) is 0 Å². The van der Waals surface area contributed by atoms with Gasteiger partial charge in [0.05, 0.1) is 12.9 Å². The van der Waals surface area contributed by atoms with Crippen LogP contribution in [0, 0.1) is 5.92 Å². The predicted octanol–water partition coefficient (Wildman–Crippen LogP) is 1.78. The molecule has 0 aliphatic heterocycles. The van der Waals surface area contributed by atoms with Gasteiger partial charge in [-0.3, -0.25) is 4.79 Å². The second kappa shape index (κ2) is 7.85. The molecule has 112 valence electrons. The summed E-state index contributed by atoms with van der Waals surface area (Å²) in [6.07, 6.45) is 6.33. The lowest BCUT2D eigenvalue weighted by atomic mass is 9.91. The van der Waals surface area contributed by atoms with Gasteiger partial charge in [0.1, 0.15) is 0 Å². The molecule has 1 fully saturated rings. The van der Waals surface area contributed by atoms with Crippen LogP contribution in [0.2, 0.25) is 0 Å². The van der Waals surface area contributed by atoms with Gasteiger partial charge in [-0.25, -0.2) is 12.7 Å². The number of nitrogens with zero attached hydrogens (tertiary/aromatic N) is 1. The van der Waals surface area contributed by atoms with E-state index in [2.05, 4.69) is 4.74 Å². The maximum atomic E-state index is 12.2. The zero-order valence-electron chi connectivity index (χ0n) is 11.9. The molecule has 19 heavy (non-hydrogen) atoms. The molecule has 0 unspecified atom stereocenters. The van der Waals surface area contributed by atoms with Gasteiger partial charge in [0.2, 0.25) is 10.0 Å². The van der Waals surface area contributed by atoms with Crippen LogP contribution in [0.25, 0.3) is 0 Å². The number of rotatable bonds is 7. The standard InChI is InChI=1S/C13H25NO4S/c1-14(10-6-9-13(15)18-2)19(16,17)11-12-7-4-3-5-8-12/h12H,3-11H2,1-2H3. The van der Waals surface area contributed by atoms with Crippen molar-refractivity contribution in [1.82, 2.24) is 4.31 Å². The second-order valence-corrected chi connectivity index (χ2v) is 7.40. The molecule has 1 aliphatic rings. The van der Waals surface area contributed by atoms with E-state index in [-0.39, 0.29) is 18.1 Å². The minimum absolute atomic E-state index is 0.252. The quantitative estimate of drug-likeness (QED) is 0.671. The maximum Gasteiger partial charge on any atom is 0.305 e. The molecule has 5 nitrogen and oxygen atoms in total. The molecule has 0 aromatic carbocycles. The molecule has 0 atom stereocenters. The van der Waals surface area contributed by atoms with E-state index in [0.717, 1.165) is 25.7 Å². The minimum atomic E-state index is -3.18. The Kier molecular flexibility index (Phi) is 6.79. The maximum absolute atomic E-state index is 12.2. The molecular formula is C13H25NO4S. The normalized spacial score (nSPS) is 17.6. The van der Waals surface area contributed by atoms with E-state index in [9.17, 15) is 13.2 Å². The van der Waals surface area contributed by atoms with Crippen LogP contribution in [0.4, 0.5) is 0 Å². The fourth-order valence-electron chi connectivity index (χ4n) is 2.47. The first-order valence-corrected chi connectivity index (χ1v) is 8.57. The van der Waals surface area contributed by atoms with Crippen LogP contribution >= 0.6 is 0 Å². The fraction of sp³-hybridized carbons (Fsp3) is 0.923. The summed E-state index contributed by atoms with van der Waals surface area (Å²) in [6.45, 7) is 0.379. The average molecular weight is 291 g/mol. The third-order valence-corrected chi connectivity index (χ3v) is 5.75. The second-order valence-electron chi connectivity index (χ2n) is 5.28. The molecule has 0 spiro atoms. The molecule has 0 heterocycles. The van der Waals surface area contributed by atoms with E-state index >= 15 is 0 Å². The van der Waals surface area contributed by atoms with Crippen molar-refractivity contribution in [2.75, 3.05) is 26.5 Å². The summed E-state index contributed by atoms with van der Waals surface area (Å²) >= 11 is 0. The number of carbonyl (C=O) groups excluding carboxylic acids is 1. The Balaban J connectivity index is 2.35. The molecule has 0 amide bonds. The van der Waals surface area contributed by atoms with Crippen LogP contribution in [0.5, 0.6) is 0 Å². The first-order chi connectivity index (χ1) is 8.95. The van der Waals surface area contributed by atoms with Crippen molar-refractivity contribution in [2.45, 2.75) is 44.9 Å². The molecule has 0 N–H and O–H groups in total. The summed E-state index contributed by atoms with van der Waals surface area (Å²) in [6, 6.07) is 0. The number of sulfonamides is 1. The van der Waals surface area contributed by atoms with Crippen molar-refractivity contribution >= 4 is 16.0 Å². The highest BCUT2D eigenvalue weighted by Gasteiger charge is 2.24. The molecular weight excluding hydrogens is 266 g/mol. The molecule has 6 heteroatoms. The average Bonchev–Trinajstić information content (AvgIpc) is 2.39. The number of ether oxygens (including phenoxy) is 1. The highest BCUT2D eigenvalue weighted by atomic mass is 32.2. The Bertz CT molecular complexity index is 374. The SMILES string of the molecule is COC(=O)CCCN(C)S(=O)(=O)CC1CCCCC1. The van der Waals surface area contributed by atoms with Crippen molar-refractivity contribution in [1.29, 1.82) is 0 Å². The van der Waals surface area contributed by atoms with E-state index in [1.54, 1.807) is 7.05 Å². The van der Waals surface area contributed by atoms with Gasteiger partial charge in [0.25, 0.3) is 0 Å². The summed E-state index contributed by atoms with van der Waals surface area (Å²) in [5.74, 6) is 0.265. The molecule has 1 saturated carbocycles. The monoisotopic (exact) mass is 291 g/mol. The summed E-state index contributed by atoms with van der Waals surface area (Å²) < 4.78 is 30.2. The molecule has 0 aromatic rings. The van der Waals surface area contributed by atoms with Crippen LogP contribution in [0.15, 0.2) is 0 Å². The van der Waals surface area contributed by atoms with E-state index < -0.39 is 10.0 Å². The molecule has 0 saturated heterocycles. The molecule has 0 radical (unpaired) electrons. The number of carbonyl (C=O) groups is 1. The Morgan fingerprint density at radius 3 is 2.47 bits per heavy atom. The van der Waals surface area contributed by atoms with E-state index in [0.29, 0.717) is 18.9 Å². The highest BCUT2D eigenvalue weighted by molar-refractivity contribution is 7.89. The van der Waals surface area contributed by atoms with Crippen LogP contribution < -0.4 is 0 Å². The lowest BCUT2D eigenvalue weighted by molar-refractivity contribution is -0.140. The predicted molar refractivity (Wildman–Crippen MR) is 74.2 cm³/mol. The third-order valence-electron chi connectivity index (χ3n) is 3.73. The molecule has 0 aromatic heterocycles. The number of esters is 1. The third kappa shape index (κ3) is 5.91. The topological polar surface area (TPSA) is 63.7 Å². The van der Waals surface area contributed by atoms with Crippen LogP contribution in [-0.2, 0) is 19.6 Å². The van der Waals surface area contributed by atoms with Crippen LogP contribution in [-0.4, -0.2) is 45.1 Å². The molecule has 1 rings (SSSR count). The van der Waals surface area contributed by atoms with Gasteiger partial charge in [-0.1, -0.05) is 19.3 Å². The lowest BCUT2D eigenvalue weighted by Crippen LogP contribution is -2.33. The Morgan fingerprint density at radius 2 is 1.89 bits per heavy atom. The number of hydrogen-bond donors (Lipinski definition) is 0. The van der Waals surface area contributed by atoms with E-state index in [1.165, 1.54) is 17.8 Å². The lowest BCUT2D eigenvalue weighted by Gasteiger charge is -2.24. The van der Waals surface area contributed by atoms with Crippen molar-refractivity contribution in [2.24, 2.45) is 5.92 Å². The summed E-state index contributed by atoms with van der Waals surface area (Å²) in [5, 5.41) is 0. The van der Waals surface area contributed by atoms with Crippen molar-refractivity contribution in [3.63, 3.8) is 0 Å². The van der Waals surface area contributed by atoms with Crippen molar-refractivity contribution in [3.8, 4) is 0 Å². The van der Waals surface area contributed by atoms with Crippen molar-refractivity contribution < 1.29 is 17.9 Å². The molecule has 1 aliphatic carbocycles. The Hall–Kier alpha value is -0.620. The smallest absolute Gasteiger partial charge is 0.305 e. The summed E-state index contributed by atoms with van der Waals surface area (Å²) in [7, 11) is -0.252. The van der Waals surface area contributed by atoms with E-state index in [4.69, 9.17) is 0 Å². The fourth-order valence-corrected chi connectivity index (χ4v) is 4.06. The van der Waals surface area contributed by atoms with Gasteiger partial charge >= 0.3 is 5.97 Å². The van der Waals surface area contributed by atoms with E-state index in [1.807, 2.05) is 0 Å². The minimum Gasteiger partial charge on any atom is -0.469 e. The van der Waals surface area contributed by atoms with Crippen LogP contribution in [0.1, 0.15) is 44.9 Å². The van der Waals surface area contributed by atoms with Gasteiger partial charge in [0, 0.05) is 20.0 Å². The first-order valence-electron chi connectivity index (χ1n) is 6.96.